The Morgan fingerprint density at radius 3 is 2.89 bits per heavy atom. The highest BCUT2D eigenvalue weighted by atomic mass is 32.2. The molecule has 0 spiro atoms. The van der Waals surface area contributed by atoms with Gasteiger partial charge in [-0.3, -0.25) is 9.69 Å². The first-order chi connectivity index (χ1) is 9.09. The van der Waals surface area contributed by atoms with E-state index >= 15 is 0 Å². The van der Waals surface area contributed by atoms with Crippen molar-refractivity contribution in [2.45, 2.75) is 23.8 Å². The van der Waals surface area contributed by atoms with Gasteiger partial charge < -0.3 is 4.98 Å². The van der Waals surface area contributed by atoms with E-state index in [9.17, 15) is 13.2 Å². The van der Waals surface area contributed by atoms with Crippen molar-refractivity contribution in [1.29, 1.82) is 0 Å². The lowest BCUT2D eigenvalue weighted by molar-refractivity contribution is 0.158. The third-order valence-electron chi connectivity index (χ3n) is 3.96. The molecular weight excluding hydrogens is 266 g/mol. The molecule has 1 aromatic rings. The lowest BCUT2D eigenvalue weighted by Crippen LogP contribution is -2.52. The second kappa shape index (κ2) is 4.73. The second-order valence-electron chi connectivity index (χ2n) is 5.07. The fourth-order valence-corrected chi connectivity index (χ4v) is 4.43. The van der Waals surface area contributed by atoms with Crippen LogP contribution < -0.4 is 5.43 Å². The number of pyridine rings is 1. The number of rotatable bonds is 2. The molecule has 3 heterocycles. The molecule has 6 nitrogen and oxygen atoms in total. The number of nitrogens with one attached hydrogen (secondary N) is 1. The van der Waals surface area contributed by atoms with Crippen molar-refractivity contribution in [3.05, 3.63) is 28.7 Å². The van der Waals surface area contributed by atoms with Gasteiger partial charge >= 0.3 is 0 Å². The molecule has 3 rings (SSSR count). The summed E-state index contributed by atoms with van der Waals surface area (Å²) in [6, 6.07) is 1.56. The standard InChI is InChI=1S/C12H17N3O3S/c16-11-3-4-13-8-12(11)19(17,18)15-7-6-14-5-1-2-10(14)9-15/h3-4,8,10H,1-2,5-7,9H2,(H,13,16). The summed E-state index contributed by atoms with van der Waals surface area (Å²) in [5.41, 5.74) is -0.451. The summed E-state index contributed by atoms with van der Waals surface area (Å²) in [5, 5.41) is 0. The third-order valence-corrected chi connectivity index (χ3v) is 5.84. The fraction of sp³-hybridized carbons (Fsp3) is 0.583. The van der Waals surface area contributed by atoms with Gasteiger partial charge in [-0.2, -0.15) is 4.31 Å². The average molecular weight is 283 g/mol. The number of piperazine rings is 1. The van der Waals surface area contributed by atoms with Crippen molar-refractivity contribution in [2.75, 3.05) is 26.2 Å². The van der Waals surface area contributed by atoms with Crippen LogP contribution in [0.25, 0.3) is 0 Å². The summed E-state index contributed by atoms with van der Waals surface area (Å²) in [7, 11) is -3.67. The maximum absolute atomic E-state index is 12.5. The molecule has 1 atom stereocenters. The summed E-state index contributed by atoms with van der Waals surface area (Å²) in [6.45, 7) is 2.78. The molecule has 0 aliphatic carbocycles. The first-order valence-electron chi connectivity index (χ1n) is 6.50. The van der Waals surface area contributed by atoms with Crippen molar-refractivity contribution in [3.63, 3.8) is 0 Å². The molecule has 0 aromatic carbocycles. The van der Waals surface area contributed by atoms with Gasteiger partial charge in [0.2, 0.25) is 15.5 Å². The van der Waals surface area contributed by atoms with Gasteiger partial charge in [0.1, 0.15) is 4.90 Å². The van der Waals surface area contributed by atoms with Gasteiger partial charge in [0.15, 0.2) is 0 Å². The molecule has 2 saturated heterocycles. The Kier molecular flexibility index (Phi) is 3.20. The van der Waals surface area contributed by atoms with Gasteiger partial charge in [-0.25, -0.2) is 8.42 Å². The van der Waals surface area contributed by atoms with Crippen molar-refractivity contribution in [2.24, 2.45) is 0 Å². The van der Waals surface area contributed by atoms with E-state index in [1.807, 2.05) is 0 Å². The van der Waals surface area contributed by atoms with E-state index in [0.29, 0.717) is 19.1 Å². The maximum Gasteiger partial charge on any atom is 0.248 e. The zero-order valence-corrected chi connectivity index (χ0v) is 11.4. The number of aromatic nitrogens is 1. The molecule has 19 heavy (non-hydrogen) atoms. The zero-order valence-electron chi connectivity index (χ0n) is 10.6. The Labute approximate surface area is 112 Å². The number of aromatic amines is 1. The van der Waals surface area contributed by atoms with E-state index in [0.717, 1.165) is 25.9 Å². The van der Waals surface area contributed by atoms with Crippen LogP contribution in [0.2, 0.25) is 0 Å². The van der Waals surface area contributed by atoms with Crippen molar-refractivity contribution >= 4 is 10.0 Å². The lowest BCUT2D eigenvalue weighted by atomic mass is 10.2. The van der Waals surface area contributed by atoms with Crippen LogP contribution in [0.15, 0.2) is 28.2 Å². The Morgan fingerprint density at radius 2 is 2.11 bits per heavy atom. The SMILES string of the molecule is O=c1cc[nH]cc1S(=O)(=O)N1CCN2CCCC2C1. The number of nitrogens with zero attached hydrogens (tertiary/aromatic N) is 2. The van der Waals surface area contributed by atoms with Gasteiger partial charge in [-0.05, 0) is 19.4 Å². The minimum absolute atomic E-state index is 0.151. The molecule has 7 heteroatoms. The van der Waals surface area contributed by atoms with Crippen LogP contribution in [0.3, 0.4) is 0 Å². The minimum Gasteiger partial charge on any atom is -0.366 e. The molecule has 2 fully saturated rings. The summed E-state index contributed by atoms with van der Waals surface area (Å²) in [6.07, 6.45) is 4.89. The van der Waals surface area contributed by atoms with Crippen molar-refractivity contribution in [1.82, 2.24) is 14.2 Å². The number of sulfonamides is 1. The van der Waals surface area contributed by atoms with E-state index in [1.165, 1.54) is 22.8 Å². The molecule has 104 valence electrons. The molecule has 0 radical (unpaired) electrons. The highest BCUT2D eigenvalue weighted by Crippen LogP contribution is 2.24. The van der Waals surface area contributed by atoms with Crippen LogP contribution in [-0.2, 0) is 10.0 Å². The van der Waals surface area contributed by atoms with Crippen molar-refractivity contribution < 1.29 is 8.42 Å². The minimum atomic E-state index is -3.67. The van der Waals surface area contributed by atoms with E-state index in [-0.39, 0.29) is 4.90 Å². The molecule has 0 saturated carbocycles. The molecule has 1 aromatic heterocycles. The monoisotopic (exact) mass is 283 g/mol. The molecule has 2 aliphatic rings. The van der Waals surface area contributed by atoms with Crippen LogP contribution in [0.5, 0.6) is 0 Å². The maximum atomic E-state index is 12.5. The number of H-pyrrole nitrogens is 1. The summed E-state index contributed by atoms with van der Waals surface area (Å²) in [5.74, 6) is 0. The predicted octanol–water partition coefficient (Wildman–Crippen LogP) is -0.156. The molecule has 1 unspecified atom stereocenters. The normalized spacial score (nSPS) is 25.4. The van der Waals surface area contributed by atoms with Gasteiger partial charge in [-0.1, -0.05) is 0 Å². The Morgan fingerprint density at radius 1 is 1.26 bits per heavy atom. The number of fused-ring (bicyclic) bond motifs is 1. The van der Waals surface area contributed by atoms with Crippen molar-refractivity contribution in [3.8, 4) is 0 Å². The zero-order chi connectivity index (χ0) is 13.5. The van der Waals surface area contributed by atoms with Crippen LogP contribution in [0.1, 0.15) is 12.8 Å². The summed E-state index contributed by atoms with van der Waals surface area (Å²) >= 11 is 0. The molecular formula is C12H17N3O3S. The van der Waals surface area contributed by atoms with Gasteiger partial charge in [0.25, 0.3) is 0 Å². The lowest BCUT2D eigenvalue weighted by Gasteiger charge is -2.36. The number of hydrogen-bond acceptors (Lipinski definition) is 4. The van der Waals surface area contributed by atoms with E-state index < -0.39 is 15.5 Å². The van der Waals surface area contributed by atoms with Crippen LogP contribution in [0, 0.1) is 0 Å². The highest BCUT2D eigenvalue weighted by molar-refractivity contribution is 7.89. The average Bonchev–Trinajstić information content (AvgIpc) is 2.86. The fourth-order valence-electron chi connectivity index (χ4n) is 2.92. The first kappa shape index (κ1) is 12.8. The quantitative estimate of drug-likeness (QED) is 0.819. The molecule has 1 N–H and O–H groups in total. The highest BCUT2D eigenvalue weighted by Gasteiger charge is 2.36. The van der Waals surface area contributed by atoms with Gasteiger partial charge in [0.05, 0.1) is 0 Å². The first-order valence-corrected chi connectivity index (χ1v) is 7.94. The second-order valence-corrected chi connectivity index (χ2v) is 6.97. The third kappa shape index (κ3) is 2.22. The summed E-state index contributed by atoms with van der Waals surface area (Å²) in [4.78, 5) is 16.6. The Balaban J connectivity index is 1.89. The van der Waals surface area contributed by atoms with E-state index in [1.54, 1.807) is 0 Å². The van der Waals surface area contributed by atoms with E-state index in [4.69, 9.17) is 0 Å². The predicted molar refractivity (Wildman–Crippen MR) is 70.4 cm³/mol. The molecule has 0 bridgehead atoms. The smallest absolute Gasteiger partial charge is 0.248 e. The van der Waals surface area contributed by atoms with Gasteiger partial charge in [-0.15, -0.1) is 0 Å². The topological polar surface area (TPSA) is 73.5 Å². The van der Waals surface area contributed by atoms with Gasteiger partial charge in [0, 0.05) is 44.1 Å². The largest absolute Gasteiger partial charge is 0.366 e. The van der Waals surface area contributed by atoms with Crippen LogP contribution >= 0.6 is 0 Å². The molecule has 0 amide bonds. The number of hydrogen-bond donors (Lipinski definition) is 1. The molecule has 2 aliphatic heterocycles. The summed E-state index contributed by atoms with van der Waals surface area (Å²) < 4.78 is 26.4. The van der Waals surface area contributed by atoms with Crippen LogP contribution in [-0.4, -0.2) is 54.8 Å². The Hall–Kier alpha value is -1.18. The Bertz CT molecular complexity index is 625. The van der Waals surface area contributed by atoms with Crippen LogP contribution in [0.4, 0.5) is 0 Å². The van der Waals surface area contributed by atoms with E-state index in [2.05, 4.69) is 9.88 Å².